The number of methoxy groups -OCH3 is 2. The molecule has 176 valence electrons. The maximum atomic E-state index is 13.1. The maximum Gasteiger partial charge on any atom is 0.253 e. The number of hydrogen-bond donors (Lipinski definition) is 1. The number of rotatable bonds is 7. The number of thiazole rings is 1. The molecule has 0 radical (unpaired) electrons. The first-order valence-electron chi connectivity index (χ1n) is 10.1. The van der Waals surface area contributed by atoms with Crippen LogP contribution in [0.1, 0.15) is 19.3 Å². The van der Waals surface area contributed by atoms with Crippen LogP contribution in [-0.2, 0) is 14.8 Å². The molecule has 3 heterocycles. The summed E-state index contributed by atoms with van der Waals surface area (Å²) >= 11 is 8.19. The Labute approximate surface area is 205 Å². The number of piperidine rings is 1. The van der Waals surface area contributed by atoms with E-state index in [4.69, 9.17) is 21.1 Å². The van der Waals surface area contributed by atoms with Crippen molar-refractivity contribution in [3.05, 3.63) is 40.0 Å². The Morgan fingerprint density at radius 2 is 1.97 bits per heavy atom. The van der Waals surface area contributed by atoms with Gasteiger partial charge in [0.1, 0.15) is 10.3 Å². The lowest BCUT2D eigenvalue weighted by Crippen LogP contribution is -2.49. The first kappa shape index (κ1) is 24.0. The average Bonchev–Trinajstić information content (AvgIpc) is 3.48. The summed E-state index contributed by atoms with van der Waals surface area (Å²) in [6.45, 7) is 0.282. The van der Waals surface area contributed by atoms with Gasteiger partial charge >= 0.3 is 0 Å². The van der Waals surface area contributed by atoms with Crippen LogP contribution in [0, 0.1) is 0 Å². The molecule has 1 aliphatic heterocycles. The molecule has 0 spiro atoms. The number of carbonyl (C=O) groups excluding carboxylic acids is 1. The van der Waals surface area contributed by atoms with Crippen LogP contribution in [0.4, 0.5) is 5.13 Å². The number of sulfonamides is 1. The molecule has 1 N–H and O–H groups in total. The highest BCUT2D eigenvalue weighted by Gasteiger charge is 2.38. The number of anilines is 1. The number of thiophene rings is 1. The molecule has 2 aromatic heterocycles. The zero-order valence-electron chi connectivity index (χ0n) is 17.9. The first-order chi connectivity index (χ1) is 15.8. The number of nitrogens with one attached hydrogen (secondary N) is 1. The van der Waals surface area contributed by atoms with Gasteiger partial charge in [-0.15, -0.1) is 22.7 Å². The first-order valence-corrected chi connectivity index (χ1v) is 13.6. The molecule has 1 amide bonds. The summed E-state index contributed by atoms with van der Waals surface area (Å²) in [5.41, 5.74) is 1.47. The third kappa shape index (κ3) is 5.02. The Balaban J connectivity index is 1.52. The normalized spacial score (nSPS) is 17.0. The van der Waals surface area contributed by atoms with E-state index >= 15 is 0 Å². The fourth-order valence-corrected chi connectivity index (χ4v) is 7.65. The molecule has 1 aliphatic rings. The van der Waals surface area contributed by atoms with E-state index in [1.807, 2.05) is 11.4 Å². The minimum atomic E-state index is -3.82. The second-order valence-corrected chi connectivity index (χ2v) is 12.0. The Morgan fingerprint density at radius 1 is 1.18 bits per heavy atom. The van der Waals surface area contributed by atoms with Crippen LogP contribution in [0.25, 0.3) is 11.3 Å². The van der Waals surface area contributed by atoms with Crippen molar-refractivity contribution >= 4 is 55.3 Å². The minimum Gasteiger partial charge on any atom is -0.493 e. The Bertz CT molecular complexity index is 1260. The molecular weight excluding hydrogens is 506 g/mol. The summed E-state index contributed by atoms with van der Waals surface area (Å²) in [4.78, 5) is 17.6. The third-order valence-electron chi connectivity index (χ3n) is 5.28. The molecule has 0 bridgehead atoms. The van der Waals surface area contributed by atoms with E-state index in [1.54, 1.807) is 32.4 Å². The summed E-state index contributed by atoms with van der Waals surface area (Å²) in [5.74, 6) is 0.787. The van der Waals surface area contributed by atoms with Crippen LogP contribution in [0.2, 0.25) is 4.34 Å². The van der Waals surface area contributed by atoms with Gasteiger partial charge in [-0.3, -0.25) is 4.79 Å². The van der Waals surface area contributed by atoms with Crippen molar-refractivity contribution in [2.45, 2.75) is 29.5 Å². The van der Waals surface area contributed by atoms with Crippen molar-refractivity contribution in [1.29, 1.82) is 0 Å². The highest BCUT2D eigenvalue weighted by Crippen LogP contribution is 2.35. The number of halogens is 1. The molecule has 4 rings (SSSR count). The number of benzene rings is 1. The van der Waals surface area contributed by atoms with Gasteiger partial charge in [0.25, 0.3) is 10.0 Å². The highest BCUT2D eigenvalue weighted by molar-refractivity contribution is 7.91. The minimum absolute atomic E-state index is 0.136. The summed E-state index contributed by atoms with van der Waals surface area (Å²) in [7, 11) is -0.693. The van der Waals surface area contributed by atoms with Crippen LogP contribution < -0.4 is 14.8 Å². The number of ether oxygens (including phenoxy) is 2. The van der Waals surface area contributed by atoms with Crippen LogP contribution >= 0.6 is 34.3 Å². The monoisotopic (exact) mass is 527 g/mol. The number of amides is 1. The Morgan fingerprint density at radius 3 is 2.67 bits per heavy atom. The van der Waals surface area contributed by atoms with Crippen molar-refractivity contribution in [3.8, 4) is 22.8 Å². The van der Waals surface area contributed by atoms with Gasteiger partial charge in [-0.1, -0.05) is 18.0 Å². The predicted octanol–water partition coefficient (Wildman–Crippen LogP) is 4.72. The Hall–Kier alpha value is -2.18. The SMILES string of the molecule is COc1ccc(-c2csc(NC(=O)C3CCCCN3S(=O)(=O)c3ccc(Cl)s3)n2)cc1OC. The second-order valence-electron chi connectivity index (χ2n) is 7.28. The lowest BCUT2D eigenvalue weighted by atomic mass is 10.0. The standard InChI is InChI=1S/C21H22ClN3O5S3/c1-29-16-7-6-13(11-17(16)30-2)14-12-31-21(23-14)24-20(26)15-5-3-4-10-25(15)33(27,28)19-9-8-18(22)32-19/h6-9,11-12,15H,3-5,10H2,1-2H3,(H,23,24,26). The fourth-order valence-electron chi connectivity index (χ4n) is 3.65. The smallest absolute Gasteiger partial charge is 0.253 e. The summed E-state index contributed by atoms with van der Waals surface area (Å²) < 4.78 is 38.7. The van der Waals surface area contributed by atoms with E-state index in [-0.39, 0.29) is 10.8 Å². The van der Waals surface area contributed by atoms with Gasteiger partial charge < -0.3 is 14.8 Å². The van der Waals surface area contributed by atoms with E-state index < -0.39 is 22.0 Å². The van der Waals surface area contributed by atoms with Crippen LogP contribution in [-0.4, -0.2) is 50.4 Å². The number of nitrogens with zero attached hydrogens (tertiary/aromatic N) is 2. The lowest BCUT2D eigenvalue weighted by Gasteiger charge is -2.32. The van der Waals surface area contributed by atoms with E-state index in [9.17, 15) is 13.2 Å². The van der Waals surface area contributed by atoms with E-state index in [2.05, 4.69) is 10.3 Å². The van der Waals surface area contributed by atoms with Crippen molar-refractivity contribution in [1.82, 2.24) is 9.29 Å². The molecule has 12 heteroatoms. The highest BCUT2D eigenvalue weighted by atomic mass is 35.5. The van der Waals surface area contributed by atoms with Gasteiger partial charge in [0, 0.05) is 17.5 Å². The molecule has 1 saturated heterocycles. The van der Waals surface area contributed by atoms with E-state index in [1.165, 1.54) is 21.7 Å². The molecule has 1 atom stereocenters. The zero-order valence-corrected chi connectivity index (χ0v) is 21.1. The van der Waals surface area contributed by atoms with Gasteiger partial charge in [-0.2, -0.15) is 4.31 Å². The number of aromatic nitrogens is 1. The molecule has 0 saturated carbocycles. The topological polar surface area (TPSA) is 97.8 Å². The van der Waals surface area contributed by atoms with Gasteiger partial charge in [0.05, 0.1) is 24.2 Å². The summed E-state index contributed by atoms with van der Waals surface area (Å²) in [5, 5.41) is 5.01. The molecule has 3 aromatic rings. The predicted molar refractivity (Wildman–Crippen MR) is 130 cm³/mol. The second kappa shape index (κ2) is 9.98. The Kier molecular flexibility index (Phi) is 7.25. The average molecular weight is 528 g/mol. The van der Waals surface area contributed by atoms with Crippen molar-refractivity contribution in [2.24, 2.45) is 0 Å². The molecular formula is C21H22ClN3O5S3. The quantitative estimate of drug-likeness (QED) is 0.477. The molecule has 1 unspecified atom stereocenters. The molecule has 1 fully saturated rings. The van der Waals surface area contributed by atoms with Crippen molar-refractivity contribution in [3.63, 3.8) is 0 Å². The molecule has 33 heavy (non-hydrogen) atoms. The van der Waals surface area contributed by atoms with Gasteiger partial charge in [0.15, 0.2) is 16.6 Å². The van der Waals surface area contributed by atoms with E-state index in [0.717, 1.165) is 23.3 Å². The van der Waals surface area contributed by atoms with Crippen LogP contribution in [0.3, 0.4) is 0 Å². The largest absolute Gasteiger partial charge is 0.493 e. The fraction of sp³-hybridized carbons (Fsp3) is 0.333. The van der Waals surface area contributed by atoms with Crippen molar-refractivity contribution in [2.75, 3.05) is 26.1 Å². The summed E-state index contributed by atoms with van der Waals surface area (Å²) in [6, 6.07) is 7.65. The zero-order chi connectivity index (χ0) is 23.6. The van der Waals surface area contributed by atoms with Crippen LogP contribution in [0.15, 0.2) is 39.9 Å². The van der Waals surface area contributed by atoms with Crippen molar-refractivity contribution < 1.29 is 22.7 Å². The lowest BCUT2D eigenvalue weighted by molar-refractivity contribution is -0.120. The molecule has 8 nitrogen and oxygen atoms in total. The summed E-state index contributed by atoms with van der Waals surface area (Å²) in [6.07, 6.45) is 1.91. The molecule has 0 aliphatic carbocycles. The van der Waals surface area contributed by atoms with Crippen LogP contribution in [0.5, 0.6) is 11.5 Å². The van der Waals surface area contributed by atoms with Gasteiger partial charge in [0.2, 0.25) is 5.91 Å². The maximum absolute atomic E-state index is 13.1. The van der Waals surface area contributed by atoms with E-state index in [0.29, 0.717) is 39.5 Å². The molecule has 1 aromatic carbocycles. The van der Waals surface area contributed by atoms with Gasteiger partial charge in [-0.25, -0.2) is 13.4 Å². The van der Waals surface area contributed by atoms with Gasteiger partial charge in [-0.05, 0) is 43.2 Å². The number of carbonyl (C=O) groups is 1. The third-order valence-corrected chi connectivity index (χ3v) is 9.65. The number of hydrogen-bond acceptors (Lipinski definition) is 8.